The molecule has 0 saturated carbocycles. The van der Waals surface area contributed by atoms with Crippen LogP contribution in [0.4, 0.5) is 0 Å². The lowest BCUT2D eigenvalue weighted by Gasteiger charge is -2.25. The van der Waals surface area contributed by atoms with Crippen molar-refractivity contribution in [2.45, 2.75) is 71.0 Å². The van der Waals surface area contributed by atoms with Crippen LogP contribution in [0.3, 0.4) is 0 Å². The first-order valence-corrected chi connectivity index (χ1v) is 11.8. The first-order valence-electron chi connectivity index (χ1n) is 11.8. The van der Waals surface area contributed by atoms with Crippen molar-refractivity contribution in [2.75, 3.05) is 27.2 Å². The minimum Gasteiger partial charge on any atom is -0.356 e. The predicted octanol–water partition coefficient (Wildman–Crippen LogP) is 3.01. The zero-order chi connectivity index (χ0) is 21.9. The van der Waals surface area contributed by atoms with E-state index < -0.39 is 0 Å². The molecule has 0 radical (unpaired) electrons. The summed E-state index contributed by atoms with van der Waals surface area (Å²) in [6, 6.07) is 11.1. The predicted molar refractivity (Wildman–Crippen MR) is 127 cm³/mol. The Kier molecular flexibility index (Phi) is 9.34. The minimum absolute atomic E-state index is 0.494. The van der Waals surface area contributed by atoms with Crippen LogP contribution in [-0.2, 0) is 25.9 Å². The second-order valence-corrected chi connectivity index (χ2v) is 8.56. The molecule has 0 fully saturated rings. The molecule has 1 aliphatic heterocycles. The molecule has 0 aliphatic carbocycles. The van der Waals surface area contributed by atoms with Crippen molar-refractivity contribution in [3.05, 3.63) is 47.5 Å². The van der Waals surface area contributed by atoms with Crippen molar-refractivity contribution >= 4 is 5.96 Å². The van der Waals surface area contributed by atoms with Crippen LogP contribution in [0.2, 0.25) is 0 Å². The molecule has 1 aliphatic rings. The van der Waals surface area contributed by atoms with Gasteiger partial charge in [-0.2, -0.15) is 0 Å². The number of hydrogen-bond donors (Lipinski definition) is 2. The van der Waals surface area contributed by atoms with Crippen LogP contribution in [0, 0.1) is 0 Å². The molecular weight excluding hydrogens is 386 g/mol. The Balaban J connectivity index is 1.32. The number of aliphatic imine (C=N–C) groups is 1. The summed E-state index contributed by atoms with van der Waals surface area (Å²) in [6.07, 6.45) is 7.89. The fraction of sp³-hybridized carbons (Fsp3) is 0.625. The molecule has 0 spiro atoms. The quantitative estimate of drug-likeness (QED) is 0.348. The molecule has 31 heavy (non-hydrogen) atoms. The summed E-state index contributed by atoms with van der Waals surface area (Å²) in [7, 11) is 4.02. The van der Waals surface area contributed by atoms with Crippen molar-refractivity contribution in [2.24, 2.45) is 4.99 Å². The zero-order valence-corrected chi connectivity index (χ0v) is 19.5. The average molecular weight is 426 g/mol. The van der Waals surface area contributed by atoms with E-state index in [1.54, 1.807) is 0 Å². The lowest BCUT2D eigenvalue weighted by molar-refractivity contribution is 0.238. The van der Waals surface area contributed by atoms with Gasteiger partial charge in [-0.05, 0) is 45.2 Å². The molecule has 0 amide bonds. The maximum atomic E-state index is 4.43. The number of fused-ring (bicyclic) bond motifs is 1. The van der Waals surface area contributed by atoms with E-state index >= 15 is 0 Å². The Labute approximate surface area is 187 Å². The Bertz CT molecular complexity index is 800. The number of benzene rings is 1. The topological polar surface area (TPSA) is 70.4 Å². The lowest BCUT2D eigenvalue weighted by atomic mass is 10.1. The second-order valence-electron chi connectivity index (χ2n) is 8.56. The highest BCUT2D eigenvalue weighted by Crippen LogP contribution is 2.15. The van der Waals surface area contributed by atoms with Crippen molar-refractivity contribution in [1.29, 1.82) is 0 Å². The maximum absolute atomic E-state index is 4.43. The van der Waals surface area contributed by atoms with Crippen molar-refractivity contribution < 1.29 is 0 Å². The summed E-state index contributed by atoms with van der Waals surface area (Å²) in [5.74, 6) is 3.18. The van der Waals surface area contributed by atoms with Crippen LogP contribution in [0.1, 0.15) is 56.2 Å². The van der Waals surface area contributed by atoms with Crippen molar-refractivity contribution in [3.63, 3.8) is 0 Å². The molecule has 1 unspecified atom stereocenters. The summed E-state index contributed by atoms with van der Waals surface area (Å²) < 4.78 is 2.34. The van der Waals surface area contributed by atoms with Crippen LogP contribution in [-0.4, -0.2) is 58.9 Å². The second kappa shape index (κ2) is 12.4. The number of nitrogens with zero attached hydrogens (tertiary/aromatic N) is 5. The van der Waals surface area contributed by atoms with Gasteiger partial charge in [-0.25, -0.2) is 0 Å². The van der Waals surface area contributed by atoms with E-state index in [1.165, 1.54) is 30.7 Å². The van der Waals surface area contributed by atoms with Gasteiger partial charge >= 0.3 is 0 Å². The molecule has 170 valence electrons. The van der Waals surface area contributed by atoms with Gasteiger partial charge < -0.3 is 15.2 Å². The van der Waals surface area contributed by atoms with Gasteiger partial charge in [0.1, 0.15) is 11.6 Å². The van der Waals surface area contributed by atoms with Gasteiger partial charge in [-0.3, -0.25) is 9.89 Å². The third-order valence-corrected chi connectivity index (χ3v) is 6.16. The highest BCUT2D eigenvalue weighted by atomic mass is 15.3. The number of aryl methyl sites for hydroxylation is 2. The molecular formula is C24H39N7. The van der Waals surface area contributed by atoms with Crippen LogP contribution in [0.15, 0.2) is 35.3 Å². The van der Waals surface area contributed by atoms with E-state index in [9.17, 15) is 0 Å². The van der Waals surface area contributed by atoms with E-state index in [1.807, 2.05) is 7.05 Å². The molecule has 1 atom stereocenters. The van der Waals surface area contributed by atoms with Crippen LogP contribution in [0.5, 0.6) is 0 Å². The fourth-order valence-corrected chi connectivity index (χ4v) is 4.05. The van der Waals surface area contributed by atoms with Gasteiger partial charge in [0.15, 0.2) is 5.96 Å². The third-order valence-electron chi connectivity index (χ3n) is 6.16. The smallest absolute Gasteiger partial charge is 0.190 e. The molecule has 0 saturated heterocycles. The van der Waals surface area contributed by atoms with E-state index in [0.29, 0.717) is 6.04 Å². The first-order chi connectivity index (χ1) is 15.2. The normalized spacial score (nSPS) is 15.4. The molecule has 7 nitrogen and oxygen atoms in total. The Morgan fingerprint density at radius 2 is 1.94 bits per heavy atom. The Hall–Kier alpha value is -2.41. The summed E-state index contributed by atoms with van der Waals surface area (Å²) in [4.78, 5) is 6.76. The molecule has 2 aromatic rings. The van der Waals surface area contributed by atoms with Gasteiger partial charge in [0.2, 0.25) is 0 Å². The molecule has 2 N–H and O–H groups in total. The first kappa shape index (κ1) is 23.3. The zero-order valence-electron chi connectivity index (χ0n) is 19.5. The molecule has 0 bridgehead atoms. The van der Waals surface area contributed by atoms with Gasteiger partial charge in [0.05, 0.1) is 0 Å². The number of rotatable bonds is 10. The highest BCUT2D eigenvalue weighted by molar-refractivity contribution is 5.79. The average Bonchev–Trinajstić information content (AvgIpc) is 3.01. The summed E-state index contributed by atoms with van der Waals surface area (Å²) in [5.41, 5.74) is 1.35. The van der Waals surface area contributed by atoms with E-state index in [0.717, 1.165) is 63.6 Å². The van der Waals surface area contributed by atoms with Gasteiger partial charge in [-0.1, -0.05) is 36.8 Å². The molecule has 1 aromatic carbocycles. The molecule has 7 heteroatoms. The summed E-state index contributed by atoms with van der Waals surface area (Å²) >= 11 is 0. The van der Waals surface area contributed by atoms with Crippen LogP contribution in [0.25, 0.3) is 0 Å². The largest absolute Gasteiger partial charge is 0.356 e. The van der Waals surface area contributed by atoms with Gasteiger partial charge in [-0.15, -0.1) is 10.2 Å². The van der Waals surface area contributed by atoms with Crippen LogP contribution >= 0.6 is 0 Å². The highest BCUT2D eigenvalue weighted by Gasteiger charge is 2.14. The van der Waals surface area contributed by atoms with E-state index in [2.05, 4.69) is 79.6 Å². The Morgan fingerprint density at radius 1 is 1.13 bits per heavy atom. The standard InChI is InChI=1S/C24H39N7/c1-20(30(3)19-21-11-6-4-7-12-21)15-17-27-24(25-2)26-16-10-14-23-29-28-22-13-8-5-9-18-31(22)23/h4,6-7,11-12,20H,5,8-10,13-19H2,1-3H3,(H2,25,26,27). The minimum atomic E-state index is 0.494. The summed E-state index contributed by atoms with van der Waals surface area (Å²) in [6.45, 7) is 6.11. The molecule has 3 rings (SSSR count). The molecule has 1 aromatic heterocycles. The van der Waals surface area contributed by atoms with Crippen molar-refractivity contribution in [1.82, 2.24) is 30.3 Å². The lowest BCUT2D eigenvalue weighted by Crippen LogP contribution is -2.40. The van der Waals surface area contributed by atoms with E-state index in [-0.39, 0.29) is 0 Å². The maximum Gasteiger partial charge on any atom is 0.190 e. The monoisotopic (exact) mass is 425 g/mol. The van der Waals surface area contributed by atoms with E-state index in [4.69, 9.17) is 0 Å². The fourth-order valence-electron chi connectivity index (χ4n) is 4.05. The third kappa shape index (κ3) is 7.35. The number of guanidine groups is 1. The number of nitrogens with one attached hydrogen (secondary N) is 2. The molecule has 2 heterocycles. The number of aromatic nitrogens is 3. The van der Waals surface area contributed by atoms with Gasteiger partial charge in [0.25, 0.3) is 0 Å². The summed E-state index contributed by atoms with van der Waals surface area (Å²) in [5, 5.41) is 15.7. The van der Waals surface area contributed by atoms with Gasteiger partial charge in [0, 0.05) is 52.1 Å². The SMILES string of the molecule is CN=C(NCCCc1nnc2n1CCCCC2)NCCC(C)N(C)Cc1ccccc1. The van der Waals surface area contributed by atoms with Crippen molar-refractivity contribution in [3.8, 4) is 0 Å². The Morgan fingerprint density at radius 3 is 2.74 bits per heavy atom. The number of hydrogen-bond acceptors (Lipinski definition) is 4. The van der Waals surface area contributed by atoms with Crippen LogP contribution < -0.4 is 10.6 Å².